The second kappa shape index (κ2) is 5.74. The Labute approximate surface area is 164 Å². The first-order valence-corrected chi connectivity index (χ1v) is 9.03. The van der Waals surface area contributed by atoms with Crippen LogP contribution in [0.5, 0.6) is 0 Å². The van der Waals surface area contributed by atoms with Gasteiger partial charge in [0.25, 0.3) is 0 Å². The molecule has 2 aromatic carbocycles. The predicted octanol–water partition coefficient (Wildman–Crippen LogP) is 5.92. The van der Waals surface area contributed by atoms with Crippen LogP contribution in [0.15, 0.2) is 52.9 Å². The third-order valence-electron chi connectivity index (χ3n) is 5.24. The molecule has 0 saturated carbocycles. The van der Waals surface area contributed by atoms with Crippen LogP contribution in [0.25, 0.3) is 22.1 Å². The number of anilines is 3. The van der Waals surface area contributed by atoms with Gasteiger partial charge in [-0.2, -0.15) is 0 Å². The molecule has 27 heavy (non-hydrogen) atoms. The standard InChI is InChI=1S/C23H23N3O/c1-14(2)25-13-26(20-8-6-5-7-19(20)25)21-15(3)9-11-17-18-12-10-16(4)24-23(18)27-22(17)21/h5-12,14H,13H2,1-4H3/i1D3,14D. The van der Waals surface area contributed by atoms with Crippen molar-refractivity contribution in [2.24, 2.45) is 0 Å². The fourth-order valence-corrected chi connectivity index (χ4v) is 3.93. The number of pyridine rings is 1. The molecule has 136 valence electrons. The SMILES string of the molecule is [2H]C([2H])([2H])C([2H])(C)N1CN(c2c(C)ccc3c2oc2nc(C)ccc23)c2ccccc21. The lowest BCUT2D eigenvalue weighted by molar-refractivity contribution is 0.649. The highest BCUT2D eigenvalue weighted by Gasteiger charge is 2.31. The van der Waals surface area contributed by atoms with Gasteiger partial charge in [-0.25, -0.2) is 4.98 Å². The average Bonchev–Trinajstić information content (AvgIpc) is 3.25. The van der Waals surface area contributed by atoms with Crippen LogP contribution in [0.2, 0.25) is 0 Å². The Morgan fingerprint density at radius 3 is 2.67 bits per heavy atom. The third kappa shape index (κ3) is 2.33. The number of aromatic nitrogens is 1. The lowest BCUT2D eigenvalue weighted by atomic mass is 10.1. The minimum Gasteiger partial charge on any atom is -0.435 e. The fourth-order valence-electron chi connectivity index (χ4n) is 3.93. The van der Waals surface area contributed by atoms with Crippen molar-refractivity contribution in [3.63, 3.8) is 0 Å². The first kappa shape index (κ1) is 12.4. The van der Waals surface area contributed by atoms with E-state index in [1.54, 1.807) is 4.90 Å². The first-order chi connectivity index (χ1) is 14.6. The Bertz CT molecular complexity index is 1330. The van der Waals surface area contributed by atoms with Gasteiger partial charge in [0.15, 0.2) is 5.58 Å². The zero-order chi connectivity index (χ0) is 22.1. The molecule has 1 aliphatic heterocycles. The maximum Gasteiger partial charge on any atom is 0.227 e. The van der Waals surface area contributed by atoms with Crippen LogP contribution in [0, 0.1) is 13.8 Å². The molecule has 2 aromatic heterocycles. The van der Waals surface area contributed by atoms with E-state index in [-0.39, 0.29) is 6.67 Å². The topological polar surface area (TPSA) is 32.5 Å². The number of hydrogen-bond acceptors (Lipinski definition) is 4. The number of para-hydroxylation sites is 2. The van der Waals surface area contributed by atoms with Crippen molar-refractivity contribution in [2.45, 2.75) is 33.6 Å². The molecule has 0 spiro atoms. The minimum absolute atomic E-state index is 0.237. The molecule has 1 unspecified atom stereocenters. The Balaban J connectivity index is 1.74. The van der Waals surface area contributed by atoms with Gasteiger partial charge in [0.05, 0.1) is 25.1 Å². The zero-order valence-corrected chi connectivity index (χ0v) is 15.6. The predicted molar refractivity (Wildman–Crippen MR) is 112 cm³/mol. The van der Waals surface area contributed by atoms with Crippen molar-refractivity contribution in [1.82, 2.24) is 4.98 Å². The fraction of sp³-hybridized carbons (Fsp3) is 0.261. The van der Waals surface area contributed by atoms with Crippen LogP contribution >= 0.6 is 0 Å². The van der Waals surface area contributed by atoms with E-state index in [1.165, 1.54) is 6.92 Å². The van der Waals surface area contributed by atoms with Crippen molar-refractivity contribution in [3.05, 3.63) is 59.8 Å². The van der Waals surface area contributed by atoms with E-state index < -0.39 is 12.9 Å². The summed E-state index contributed by atoms with van der Waals surface area (Å²) in [5.74, 6) is 0. The number of rotatable bonds is 2. The van der Waals surface area contributed by atoms with Crippen molar-refractivity contribution in [1.29, 1.82) is 0 Å². The third-order valence-corrected chi connectivity index (χ3v) is 5.24. The highest BCUT2D eigenvalue weighted by molar-refractivity contribution is 6.09. The number of nitrogens with zero attached hydrogens (tertiary/aromatic N) is 3. The van der Waals surface area contributed by atoms with Crippen LogP contribution in [0.1, 0.15) is 30.5 Å². The molecule has 4 nitrogen and oxygen atoms in total. The van der Waals surface area contributed by atoms with Gasteiger partial charge >= 0.3 is 0 Å². The summed E-state index contributed by atoms with van der Waals surface area (Å²) in [6.45, 7) is 3.15. The van der Waals surface area contributed by atoms with Crippen LogP contribution in [0.3, 0.4) is 0 Å². The van der Waals surface area contributed by atoms with Crippen LogP contribution in [-0.2, 0) is 0 Å². The summed E-state index contributed by atoms with van der Waals surface area (Å²) in [5, 5.41) is 1.91. The van der Waals surface area contributed by atoms with Gasteiger partial charge in [0.2, 0.25) is 5.71 Å². The van der Waals surface area contributed by atoms with E-state index in [0.717, 1.165) is 39.1 Å². The van der Waals surface area contributed by atoms with Gasteiger partial charge in [0, 0.05) is 26.6 Å². The quantitative estimate of drug-likeness (QED) is 0.443. The molecule has 1 aliphatic rings. The number of hydrogen-bond donors (Lipinski definition) is 0. The molecular weight excluding hydrogens is 334 g/mol. The largest absolute Gasteiger partial charge is 0.435 e. The van der Waals surface area contributed by atoms with Crippen molar-refractivity contribution in [3.8, 4) is 0 Å². The van der Waals surface area contributed by atoms with E-state index in [1.807, 2.05) is 67.3 Å². The van der Waals surface area contributed by atoms with E-state index in [9.17, 15) is 0 Å². The summed E-state index contributed by atoms with van der Waals surface area (Å²) in [4.78, 5) is 8.22. The molecule has 0 N–H and O–H groups in total. The molecule has 1 atom stereocenters. The Morgan fingerprint density at radius 2 is 1.85 bits per heavy atom. The van der Waals surface area contributed by atoms with Crippen molar-refractivity contribution < 1.29 is 9.90 Å². The highest BCUT2D eigenvalue weighted by atomic mass is 16.3. The summed E-state index contributed by atoms with van der Waals surface area (Å²) in [6, 6.07) is 13.9. The molecule has 0 saturated heterocycles. The van der Waals surface area contributed by atoms with E-state index in [4.69, 9.17) is 9.90 Å². The number of furan rings is 1. The molecule has 0 fully saturated rings. The van der Waals surface area contributed by atoms with Crippen LogP contribution < -0.4 is 9.80 Å². The smallest absolute Gasteiger partial charge is 0.227 e. The normalized spacial score (nSPS) is 18.8. The second-order valence-electron chi connectivity index (χ2n) is 7.09. The summed E-state index contributed by atoms with van der Waals surface area (Å²) in [6.07, 6.45) is 0. The molecule has 0 bridgehead atoms. The number of fused-ring (bicyclic) bond motifs is 4. The molecule has 0 aliphatic carbocycles. The summed E-state index contributed by atoms with van der Waals surface area (Å²) in [5.41, 5.74) is 5.61. The Kier molecular flexibility index (Phi) is 2.64. The monoisotopic (exact) mass is 361 g/mol. The maximum absolute atomic E-state index is 8.69. The maximum atomic E-state index is 8.69. The molecule has 0 amide bonds. The van der Waals surface area contributed by atoms with Gasteiger partial charge in [-0.15, -0.1) is 0 Å². The number of aryl methyl sites for hydroxylation is 2. The molecule has 4 aromatic rings. The molecular formula is C23H23N3O. The summed E-state index contributed by atoms with van der Waals surface area (Å²) < 4.78 is 38.7. The van der Waals surface area contributed by atoms with Gasteiger partial charge in [0.1, 0.15) is 0 Å². The first-order valence-electron chi connectivity index (χ1n) is 11.0. The zero-order valence-electron chi connectivity index (χ0n) is 19.6. The van der Waals surface area contributed by atoms with Gasteiger partial charge in [-0.1, -0.05) is 24.3 Å². The average molecular weight is 361 g/mol. The van der Waals surface area contributed by atoms with Crippen LogP contribution in [0.4, 0.5) is 17.1 Å². The molecule has 4 heteroatoms. The Morgan fingerprint density at radius 1 is 1.07 bits per heavy atom. The van der Waals surface area contributed by atoms with E-state index in [0.29, 0.717) is 11.3 Å². The molecule has 5 rings (SSSR count). The van der Waals surface area contributed by atoms with Gasteiger partial charge in [-0.3, -0.25) is 0 Å². The van der Waals surface area contributed by atoms with Gasteiger partial charge in [-0.05, 0) is 57.5 Å². The highest BCUT2D eigenvalue weighted by Crippen LogP contribution is 2.46. The summed E-state index contributed by atoms with van der Waals surface area (Å²) >= 11 is 0. The van der Waals surface area contributed by atoms with E-state index >= 15 is 0 Å². The second-order valence-corrected chi connectivity index (χ2v) is 7.09. The van der Waals surface area contributed by atoms with Gasteiger partial charge < -0.3 is 14.2 Å². The van der Waals surface area contributed by atoms with Crippen LogP contribution in [-0.4, -0.2) is 17.7 Å². The van der Waals surface area contributed by atoms with E-state index in [2.05, 4.69) is 4.98 Å². The molecule has 0 radical (unpaired) electrons. The van der Waals surface area contributed by atoms with Crippen molar-refractivity contribution in [2.75, 3.05) is 16.5 Å². The Hall–Kier alpha value is -3.01. The molecule has 3 heterocycles. The number of benzene rings is 2. The lowest BCUT2D eigenvalue weighted by Gasteiger charge is -2.26. The summed E-state index contributed by atoms with van der Waals surface area (Å²) in [7, 11) is 0. The van der Waals surface area contributed by atoms with Crippen molar-refractivity contribution >= 4 is 39.1 Å². The minimum atomic E-state index is -2.47. The lowest BCUT2D eigenvalue weighted by Crippen LogP contribution is -2.33.